The standard InChI is InChI=1S/C20H26O/c1-12-3-4-16-15-9-13-11-20(8-5-14(21)10-18(13)20)17(15)6-7-19(12,16)2/h10,13,15-17H,1,3-9,11H2,2H3. The number of ketones is 1. The van der Waals surface area contributed by atoms with Crippen LogP contribution in [-0.2, 0) is 4.79 Å². The molecular formula is C20H26O. The smallest absolute Gasteiger partial charge is 0.155 e. The second kappa shape index (κ2) is 3.73. The SMILES string of the molecule is C=C1CCC2C3CC4CC5(CCC(=O)C=C45)C3CCC12C. The molecule has 0 amide bonds. The first-order chi connectivity index (χ1) is 10.0. The Morgan fingerprint density at radius 2 is 2.05 bits per heavy atom. The summed E-state index contributed by atoms with van der Waals surface area (Å²) in [7, 11) is 0. The summed E-state index contributed by atoms with van der Waals surface area (Å²) >= 11 is 0. The first kappa shape index (κ1) is 12.7. The van der Waals surface area contributed by atoms with Crippen molar-refractivity contribution in [3.05, 3.63) is 23.8 Å². The van der Waals surface area contributed by atoms with E-state index in [-0.39, 0.29) is 0 Å². The van der Waals surface area contributed by atoms with Crippen molar-refractivity contribution < 1.29 is 4.79 Å². The van der Waals surface area contributed by atoms with E-state index in [4.69, 9.17) is 0 Å². The highest BCUT2D eigenvalue weighted by atomic mass is 16.1. The summed E-state index contributed by atoms with van der Waals surface area (Å²) in [6.07, 6.45) is 12.2. The van der Waals surface area contributed by atoms with E-state index in [1.807, 2.05) is 0 Å². The fourth-order valence-electron chi connectivity index (χ4n) is 7.34. The van der Waals surface area contributed by atoms with Gasteiger partial charge in [-0.3, -0.25) is 4.79 Å². The van der Waals surface area contributed by atoms with Gasteiger partial charge in [-0.1, -0.05) is 24.6 Å². The number of fused-ring (bicyclic) bond motifs is 1. The molecule has 1 heteroatoms. The Hall–Kier alpha value is -0.850. The molecule has 6 atom stereocenters. The van der Waals surface area contributed by atoms with E-state index < -0.39 is 0 Å². The van der Waals surface area contributed by atoms with Crippen molar-refractivity contribution in [2.45, 2.75) is 58.3 Å². The zero-order valence-electron chi connectivity index (χ0n) is 13.2. The minimum Gasteiger partial charge on any atom is -0.295 e. The van der Waals surface area contributed by atoms with E-state index >= 15 is 0 Å². The maximum atomic E-state index is 11.8. The van der Waals surface area contributed by atoms with Gasteiger partial charge in [-0.05, 0) is 85.5 Å². The largest absolute Gasteiger partial charge is 0.295 e. The second-order valence-corrected chi connectivity index (χ2v) is 8.83. The quantitative estimate of drug-likeness (QED) is 0.589. The van der Waals surface area contributed by atoms with Crippen LogP contribution < -0.4 is 0 Å². The summed E-state index contributed by atoms with van der Waals surface area (Å²) in [5.41, 5.74) is 4.03. The Kier molecular flexibility index (Phi) is 2.25. The molecule has 0 aromatic rings. The topological polar surface area (TPSA) is 17.1 Å². The van der Waals surface area contributed by atoms with Crippen molar-refractivity contribution in [1.82, 2.24) is 0 Å². The Morgan fingerprint density at radius 3 is 2.90 bits per heavy atom. The highest BCUT2D eigenvalue weighted by molar-refractivity contribution is 5.92. The molecule has 5 saturated carbocycles. The second-order valence-electron chi connectivity index (χ2n) is 8.83. The normalized spacial score (nSPS) is 54.2. The van der Waals surface area contributed by atoms with Gasteiger partial charge in [0.05, 0.1) is 0 Å². The molecule has 21 heavy (non-hydrogen) atoms. The van der Waals surface area contributed by atoms with E-state index in [0.29, 0.717) is 16.6 Å². The molecule has 0 aromatic carbocycles. The van der Waals surface area contributed by atoms with Crippen LogP contribution in [0.15, 0.2) is 23.8 Å². The van der Waals surface area contributed by atoms with Crippen LogP contribution in [0.5, 0.6) is 0 Å². The van der Waals surface area contributed by atoms with Gasteiger partial charge in [-0.25, -0.2) is 0 Å². The Balaban J connectivity index is 1.55. The van der Waals surface area contributed by atoms with Gasteiger partial charge in [0.1, 0.15) is 0 Å². The fraction of sp³-hybridized carbons (Fsp3) is 0.750. The van der Waals surface area contributed by atoms with Crippen LogP contribution in [0.3, 0.4) is 0 Å². The lowest BCUT2D eigenvalue weighted by Crippen LogP contribution is -2.59. The highest BCUT2D eigenvalue weighted by Crippen LogP contribution is 2.74. The number of carbonyl (C=O) groups excluding carboxylic acids is 1. The third-order valence-electron chi connectivity index (χ3n) is 8.42. The highest BCUT2D eigenvalue weighted by Gasteiger charge is 2.65. The van der Waals surface area contributed by atoms with Gasteiger partial charge in [-0.2, -0.15) is 0 Å². The molecule has 0 aromatic heterocycles. The lowest BCUT2D eigenvalue weighted by atomic mass is 9.37. The van der Waals surface area contributed by atoms with Crippen molar-refractivity contribution in [2.24, 2.45) is 34.5 Å². The van der Waals surface area contributed by atoms with E-state index in [0.717, 1.165) is 30.1 Å². The van der Waals surface area contributed by atoms with Gasteiger partial charge >= 0.3 is 0 Å². The number of allylic oxidation sites excluding steroid dienone is 2. The van der Waals surface area contributed by atoms with Crippen molar-refractivity contribution >= 4 is 5.78 Å². The van der Waals surface area contributed by atoms with Crippen LogP contribution in [0, 0.1) is 34.5 Å². The fourth-order valence-corrected chi connectivity index (χ4v) is 7.34. The lowest BCUT2D eigenvalue weighted by molar-refractivity contribution is -0.128. The van der Waals surface area contributed by atoms with Crippen molar-refractivity contribution in [1.29, 1.82) is 0 Å². The molecule has 0 N–H and O–H groups in total. The third kappa shape index (κ3) is 1.33. The lowest BCUT2D eigenvalue weighted by Gasteiger charge is -2.67. The molecule has 0 heterocycles. The summed E-state index contributed by atoms with van der Waals surface area (Å²) < 4.78 is 0. The summed E-state index contributed by atoms with van der Waals surface area (Å²) in [5.74, 6) is 3.85. The minimum absolute atomic E-state index is 0.402. The van der Waals surface area contributed by atoms with Crippen LogP contribution >= 0.6 is 0 Å². The molecule has 5 fully saturated rings. The molecule has 1 nitrogen and oxygen atoms in total. The maximum Gasteiger partial charge on any atom is 0.155 e. The summed E-state index contributed by atoms with van der Waals surface area (Å²) in [6.45, 7) is 6.91. The van der Waals surface area contributed by atoms with Crippen LogP contribution in [0.1, 0.15) is 58.3 Å². The predicted molar refractivity (Wildman–Crippen MR) is 83.7 cm³/mol. The molecule has 0 aliphatic heterocycles. The summed E-state index contributed by atoms with van der Waals surface area (Å²) in [5, 5.41) is 0. The van der Waals surface area contributed by atoms with Crippen LogP contribution in [0.2, 0.25) is 0 Å². The van der Waals surface area contributed by atoms with Crippen LogP contribution in [0.4, 0.5) is 0 Å². The third-order valence-corrected chi connectivity index (χ3v) is 8.42. The Bertz CT molecular complexity index is 585. The van der Waals surface area contributed by atoms with Gasteiger partial charge in [0.25, 0.3) is 0 Å². The molecule has 2 bridgehead atoms. The van der Waals surface area contributed by atoms with Gasteiger partial charge < -0.3 is 0 Å². The first-order valence-electron chi connectivity index (χ1n) is 8.98. The van der Waals surface area contributed by atoms with Gasteiger partial charge in [0.2, 0.25) is 0 Å². The van der Waals surface area contributed by atoms with E-state index in [1.54, 1.807) is 5.57 Å². The van der Waals surface area contributed by atoms with E-state index in [9.17, 15) is 4.79 Å². The number of rotatable bonds is 0. The molecule has 6 rings (SSSR count). The van der Waals surface area contributed by atoms with E-state index in [2.05, 4.69) is 19.6 Å². The van der Waals surface area contributed by atoms with Crippen molar-refractivity contribution in [3.63, 3.8) is 0 Å². The average Bonchev–Trinajstić information content (AvgIpc) is 2.77. The predicted octanol–water partition coefficient (Wildman–Crippen LogP) is 4.68. The van der Waals surface area contributed by atoms with E-state index in [1.165, 1.54) is 50.5 Å². The van der Waals surface area contributed by atoms with Crippen molar-refractivity contribution in [2.75, 3.05) is 0 Å². The maximum absolute atomic E-state index is 11.8. The zero-order valence-corrected chi connectivity index (χ0v) is 13.2. The monoisotopic (exact) mass is 282 g/mol. The summed E-state index contributed by atoms with van der Waals surface area (Å²) in [4.78, 5) is 11.8. The van der Waals surface area contributed by atoms with Gasteiger partial charge in [0.15, 0.2) is 5.78 Å². The minimum atomic E-state index is 0.402. The molecule has 1 spiro atoms. The number of carbonyl (C=O) groups is 1. The zero-order chi connectivity index (χ0) is 14.4. The molecule has 6 aliphatic rings. The first-order valence-corrected chi connectivity index (χ1v) is 8.98. The molecule has 0 radical (unpaired) electrons. The average molecular weight is 282 g/mol. The Labute approximate surface area is 127 Å². The molecule has 112 valence electrons. The summed E-state index contributed by atoms with van der Waals surface area (Å²) in [6, 6.07) is 0. The number of hydrogen-bond acceptors (Lipinski definition) is 1. The van der Waals surface area contributed by atoms with Gasteiger partial charge in [-0.15, -0.1) is 0 Å². The molecule has 6 aliphatic carbocycles. The van der Waals surface area contributed by atoms with Crippen molar-refractivity contribution in [3.8, 4) is 0 Å². The van der Waals surface area contributed by atoms with Crippen LogP contribution in [-0.4, -0.2) is 5.78 Å². The Morgan fingerprint density at radius 1 is 1.19 bits per heavy atom. The molecular weight excluding hydrogens is 256 g/mol. The van der Waals surface area contributed by atoms with Crippen LogP contribution in [0.25, 0.3) is 0 Å². The molecule has 0 saturated heterocycles. The number of hydrogen-bond donors (Lipinski definition) is 0. The molecule has 6 unspecified atom stereocenters. The van der Waals surface area contributed by atoms with Gasteiger partial charge in [0, 0.05) is 6.42 Å².